The van der Waals surface area contributed by atoms with Crippen molar-refractivity contribution < 1.29 is 9.66 Å². The van der Waals surface area contributed by atoms with Gasteiger partial charge in [0.25, 0.3) is 0 Å². The topological polar surface area (TPSA) is 119 Å². The molecule has 0 aliphatic rings. The van der Waals surface area contributed by atoms with Gasteiger partial charge in [0.2, 0.25) is 0 Å². The molecule has 0 aliphatic carbocycles. The van der Waals surface area contributed by atoms with Gasteiger partial charge in [-0.1, -0.05) is 46.7 Å². The Morgan fingerprint density at radius 1 is 1.32 bits per heavy atom. The number of hydrogen-bond acceptors (Lipinski definition) is 5. The first-order valence-electron chi connectivity index (χ1n) is 8.17. The minimum atomic E-state index is -1.17. The van der Waals surface area contributed by atoms with Crippen LogP contribution in [0, 0.1) is 10.1 Å². The zero-order valence-electron chi connectivity index (χ0n) is 15.8. The fourth-order valence-corrected chi connectivity index (χ4v) is 7.64. The summed E-state index contributed by atoms with van der Waals surface area (Å²) in [5, 5.41) is 19.7. The molecule has 9 nitrogen and oxygen atoms in total. The Morgan fingerprint density at radius 2 is 1.92 bits per heavy atom. The predicted octanol–water partition coefficient (Wildman–Crippen LogP) is 3.42. The minimum Gasteiger partial charge on any atom is -0.379 e. The first-order chi connectivity index (χ1) is 11.5. The van der Waals surface area contributed by atoms with Crippen molar-refractivity contribution >= 4 is 19.9 Å². The highest BCUT2D eigenvalue weighted by Crippen LogP contribution is 2.41. The Hall–Kier alpha value is -1.90. The van der Waals surface area contributed by atoms with Crippen LogP contribution in [0.1, 0.15) is 41.5 Å². The van der Waals surface area contributed by atoms with Crippen molar-refractivity contribution in [3.8, 4) is 0 Å². The molecule has 0 saturated heterocycles. The maximum Gasteiger partial charge on any atom is 0.389 e. The first kappa shape index (κ1) is 21.1. The van der Waals surface area contributed by atoms with Crippen molar-refractivity contribution in [2.45, 2.75) is 58.2 Å². The van der Waals surface area contributed by atoms with Gasteiger partial charge < -0.3 is 14.9 Å². The summed E-state index contributed by atoms with van der Waals surface area (Å²) in [5.41, 5.74) is 8.23. The van der Waals surface area contributed by atoms with Gasteiger partial charge >= 0.3 is 5.82 Å². The predicted molar refractivity (Wildman–Crippen MR) is 98.5 cm³/mol. The van der Waals surface area contributed by atoms with Gasteiger partial charge in [-0.15, -0.1) is 0 Å². The zero-order chi connectivity index (χ0) is 19.3. The lowest BCUT2D eigenvalue weighted by atomic mass is 10.2. The van der Waals surface area contributed by atoms with E-state index < -0.39 is 13.7 Å². The molecule has 0 atom stereocenters. The fraction of sp³-hybridized carbons (Fsp3) is 0.800. The van der Waals surface area contributed by atoms with Gasteiger partial charge in [-0.3, -0.25) is 0 Å². The van der Waals surface area contributed by atoms with Gasteiger partial charge in [-0.25, -0.2) is 0 Å². The molecule has 0 spiro atoms. The lowest BCUT2D eigenvalue weighted by Crippen LogP contribution is -2.49. The van der Waals surface area contributed by atoms with Crippen molar-refractivity contribution in [2.75, 3.05) is 19.8 Å². The van der Waals surface area contributed by atoms with E-state index in [1.807, 2.05) is 0 Å². The SMILES string of the molecule is CC(C)(C)[Si](c1cc([N+](=O)[O-])nn1CCOCCN=[N+]=[N-])C(C)(C)C. The highest BCUT2D eigenvalue weighted by Gasteiger charge is 2.42. The molecule has 1 radical (unpaired) electrons. The minimum absolute atomic E-state index is 0.0108. The van der Waals surface area contributed by atoms with Crippen LogP contribution in [0.15, 0.2) is 11.2 Å². The van der Waals surface area contributed by atoms with Crippen molar-refractivity contribution in [1.29, 1.82) is 0 Å². The van der Waals surface area contributed by atoms with E-state index in [1.54, 1.807) is 10.7 Å². The summed E-state index contributed by atoms with van der Waals surface area (Å²) in [6.45, 7) is 14.4. The maximum atomic E-state index is 11.2. The van der Waals surface area contributed by atoms with Crippen molar-refractivity contribution in [2.24, 2.45) is 5.11 Å². The number of aromatic nitrogens is 2. The summed E-state index contributed by atoms with van der Waals surface area (Å²) in [4.78, 5) is 13.4. The largest absolute Gasteiger partial charge is 0.389 e. The molecule has 10 heteroatoms. The molecule has 0 aromatic carbocycles. The molecule has 0 amide bonds. The van der Waals surface area contributed by atoms with Gasteiger partial charge in [0, 0.05) is 11.5 Å². The van der Waals surface area contributed by atoms with Crippen LogP contribution in [-0.2, 0) is 11.3 Å². The van der Waals surface area contributed by atoms with Crippen molar-refractivity contribution in [3.63, 3.8) is 0 Å². The Bertz CT molecular complexity index is 627. The van der Waals surface area contributed by atoms with E-state index in [4.69, 9.17) is 10.3 Å². The Morgan fingerprint density at radius 3 is 2.40 bits per heavy atom. The van der Waals surface area contributed by atoms with Gasteiger partial charge in [0.05, 0.1) is 36.2 Å². The van der Waals surface area contributed by atoms with Crippen LogP contribution in [-0.4, -0.2) is 43.3 Å². The molecule has 0 N–H and O–H groups in total. The molecule has 1 rings (SSSR count). The second-order valence-electron chi connectivity index (χ2n) is 7.81. The van der Waals surface area contributed by atoms with Gasteiger partial charge in [-0.05, 0) is 20.5 Å². The van der Waals surface area contributed by atoms with Crippen LogP contribution in [0.25, 0.3) is 10.4 Å². The van der Waals surface area contributed by atoms with Crippen LogP contribution in [0.5, 0.6) is 0 Å². The summed E-state index contributed by atoms with van der Waals surface area (Å²) in [6, 6.07) is 1.62. The average molecular weight is 368 g/mol. The van der Waals surface area contributed by atoms with E-state index in [1.165, 1.54) is 0 Å². The van der Waals surface area contributed by atoms with E-state index in [0.717, 1.165) is 5.32 Å². The Balaban J connectivity index is 3.07. The van der Waals surface area contributed by atoms with Crippen molar-refractivity contribution in [1.82, 2.24) is 9.78 Å². The van der Waals surface area contributed by atoms with Gasteiger partial charge in [-0.2, -0.15) is 4.68 Å². The molecular formula is C15H27N6O3Si. The number of ether oxygens (including phenoxy) is 1. The molecule has 139 valence electrons. The summed E-state index contributed by atoms with van der Waals surface area (Å²) in [6.07, 6.45) is 0. The molecule has 0 saturated carbocycles. The number of nitro groups is 1. The lowest BCUT2D eigenvalue weighted by molar-refractivity contribution is -0.389. The second kappa shape index (κ2) is 8.46. The van der Waals surface area contributed by atoms with Crippen LogP contribution < -0.4 is 5.32 Å². The molecule has 25 heavy (non-hydrogen) atoms. The highest BCUT2D eigenvalue weighted by molar-refractivity contribution is 6.77. The van der Waals surface area contributed by atoms with E-state index in [2.05, 4.69) is 56.7 Å². The molecule has 0 fully saturated rings. The summed E-state index contributed by atoms with van der Waals surface area (Å²) >= 11 is 0. The number of rotatable bonds is 8. The van der Waals surface area contributed by atoms with Crippen LogP contribution >= 0.6 is 0 Å². The highest BCUT2D eigenvalue weighted by atomic mass is 28.3. The monoisotopic (exact) mass is 367 g/mol. The molecule has 0 aliphatic heterocycles. The second-order valence-corrected chi connectivity index (χ2v) is 12.1. The molecule has 0 unspecified atom stereocenters. The van der Waals surface area contributed by atoms with Gasteiger partial charge in [0.1, 0.15) is 8.80 Å². The third-order valence-electron chi connectivity index (χ3n) is 3.56. The van der Waals surface area contributed by atoms with Crippen LogP contribution in [0.3, 0.4) is 0 Å². The number of azide groups is 1. The van der Waals surface area contributed by atoms with E-state index in [0.29, 0.717) is 19.8 Å². The maximum absolute atomic E-state index is 11.2. The first-order valence-corrected chi connectivity index (χ1v) is 9.67. The molecule has 1 heterocycles. The van der Waals surface area contributed by atoms with Crippen LogP contribution in [0.2, 0.25) is 10.1 Å². The molecule has 1 aromatic rings. The molecule has 0 bridgehead atoms. The summed E-state index contributed by atoms with van der Waals surface area (Å²) < 4.78 is 7.15. The third kappa shape index (κ3) is 6.15. The van der Waals surface area contributed by atoms with Crippen LogP contribution in [0.4, 0.5) is 5.82 Å². The van der Waals surface area contributed by atoms with Crippen molar-refractivity contribution in [3.05, 3.63) is 26.6 Å². The smallest absolute Gasteiger partial charge is 0.379 e. The quantitative estimate of drug-likeness (QED) is 0.133. The molecular weight excluding hydrogens is 340 g/mol. The van der Waals surface area contributed by atoms with Gasteiger partial charge in [0.15, 0.2) is 0 Å². The normalized spacial score (nSPS) is 12.3. The Labute approximate surface area is 149 Å². The summed E-state index contributed by atoms with van der Waals surface area (Å²) in [7, 11) is -1.17. The number of nitrogens with zero attached hydrogens (tertiary/aromatic N) is 6. The van der Waals surface area contributed by atoms with E-state index in [9.17, 15) is 10.1 Å². The fourth-order valence-electron chi connectivity index (χ4n) is 3.16. The van der Waals surface area contributed by atoms with E-state index in [-0.39, 0.29) is 22.4 Å². The third-order valence-corrected chi connectivity index (χ3v) is 7.47. The molecule has 1 aromatic heterocycles. The van der Waals surface area contributed by atoms with E-state index >= 15 is 0 Å². The summed E-state index contributed by atoms with van der Waals surface area (Å²) in [5.74, 6) is -0.125. The number of hydrogen-bond donors (Lipinski definition) is 0. The average Bonchev–Trinajstić information content (AvgIpc) is 2.83. The lowest BCUT2D eigenvalue weighted by Gasteiger charge is -2.38. The standard InChI is InChI=1S/C15H27N6O3Si/c1-14(2,3)25(15(4,5)6)13-11-12(21(22)23)18-20(13)8-10-24-9-7-17-19-16/h11H,7-10H2,1-6H3. The Kier molecular flexibility index (Phi) is 7.15. The zero-order valence-corrected chi connectivity index (χ0v) is 16.8.